The van der Waals surface area contributed by atoms with Crippen LogP contribution in [0.4, 0.5) is 22.0 Å². The van der Waals surface area contributed by atoms with E-state index in [9.17, 15) is 22.0 Å². The Labute approximate surface area is 137 Å². The van der Waals surface area contributed by atoms with Crippen LogP contribution >= 0.6 is 0 Å². The molecule has 0 saturated heterocycles. The van der Waals surface area contributed by atoms with E-state index in [2.05, 4.69) is 0 Å². The molecule has 1 fully saturated rings. The van der Waals surface area contributed by atoms with E-state index in [1.807, 2.05) is 0 Å². The third-order valence-corrected chi connectivity index (χ3v) is 4.75. The van der Waals surface area contributed by atoms with E-state index in [1.54, 1.807) is 0 Å². The van der Waals surface area contributed by atoms with Gasteiger partial charge in [-0.25, -0.2) is 17.6 Å². The average Bonchev–Trinajstić information content (AvgIpc) is 2.53. The van der Waals surface area contributed by atoms with Gasteiger partial charge in [-0.1, -0.05) is 0 Å². The van der Waals surface area contributed by atoms with Crippen molar-refractivity contribution < 1.29 is 22.0 Å². The van der Waals surface area contributed by atoms with Gasteiger partial charge in [-0.05, 0) is 72.9 Å². The van der Waals surface area contributed by atoms with Crippen LogP contribution in [0.25, 0.3) is 11.1 Å². The fourth-order valence-electron chi connectivity index (χ4n) is 3.45. The number of rotatable bonds is 3. The van der Waals surface area contributed by atoms with E-state index in [-0.39, 0.29) is 24.1 Å². The minimum atomic E-state index is -0.891. The summed E-state index contributed by atoms with van der Waals surface area (Å²) in [5.74, 6) is -3.46. The molecule has 0 N–H and O–H groups in total. The second-order valence-corrected chi connectivity index (χ2v) is 6.39. The Morgan fingerprint density at radius 3 is 1.79 bits per heavy atom. The lowest BCUT2D eigenvalue weighted by molar-refractivity contribution is 0.263. The molecule has 1 aliphatic rings. The summed E-state index contributed by atoms with van der Waals surface area (Å²) in [5.41, 5.74) is -0.0901. The first-order valence-corrected chi connectivity index (χ1v) is 7.99. The summed E-state index contributed by atoms with van der Waals surface area (Å²) in [4.78, 5) is 0. The molecule has 2 aromatic carbocycles. The summed E-state index contributed by atoms with van der Waals surface area (Å²) in [5, 5.41) is 0. The molecule has 0 atom stereocenters. The monoisotopic (exact) mass is 340 g/mol. The molecule has 0 spiro atoms. The van der Waals surface area contributed by atoms with Crippen molar-refractivity contribution in [2.75, 3.05) is 6.67 Å². The van der Waals surface area contributed by atoms with Crippen LogP contribution in [0.2, 0.25) is 0 Å². The third-order valence-electron chi connectivity index (χ3n) is 4.75. The second-order valence-electron chi connectivity index (χ2n) is 6.39. The average molecular weight is 340 g/mol. The predicted molar refractivity (Wildman–Crippen MR) is 82.4 cm³/mol. The second kappa shape index (κ2) is 6.91. The summed E-state index contributed by atoms with van der Waals surface area (Å²) in [6, 6.07) is 4.90. The largest absolute Gasteiger partial charge is 0.251 e. The lowest BCUT2D eigenvalue weighted by Gasteiger charge is -2.27. The maximum absolute atomic E-state index is 14.4. The quantitative estimate of drug-likeness (QED) is 0.588. The summed E-state index contributed by atoms with van der Waals surface area (Å²) < 4.78 is 68.1. The lowest BCUT2D eigenvalue weighted by Crippen LogP contribution is -2.15. The van der Waals surface area contributed by atoms with Crippen LogP contribution in [0.1, 0.15) is 37.2 Å². The van der Waals surface area contributed by atoms with Gasteiger partial charge in [0.2, 0.25) is 0 Å². The minimum absolute atomic E-state index is 0.0184. The van der Waals surface area contributed by atoms with E-state index >= 15 is 0 Å². The first-order valence-electron chi connectivity index (χ1n) is 7.99. The molecular formula is C19H17F5. The Kier molecular flexibility index (Phi) is 4.88. The Hall–Kier alpha value is -1.91. The first-order chi connectivity index (χ1) is 11.5. The predicted octanol–water partition coefficient (Wildman–Crippen LogP) is 6.15. The van der Waals surface area contributed by atoms with Crippen molar-refractivity contribution in [2.45, 2.75) is 31.6 Å². The number of benzene rings is 2. The highest BCUT2D eigenvalue weighted by Crippen LogP contribution is 2.38. The normalized spacial score (nSPS) is 21.0. The molecular weight excluding hydrogens is 323 g/mol. The highest BCUT2D eigenvalue weighted by molar-refractivity contribution is 5.65. The first kappa shape index (κ1) is 16.9. The molecule has 1 aliphatic carbocycles. The Morgan fingerprint density at radius 2 is 1.29 bits per heavy atom. The van der Waals surface area contributed by atoms with E-state index in [4.69, 9.17) is 0 Å². The van der Waals surface area contributed by atoms with Crippen LogP contribution in [0, 0.1) is 29.2 Å². The van der Waals surface area contributed by atoms with Crippen molar-refractivity contribution >= 4 is 0 Å². The van der Waals surface area contributed by atoms with Gasteiger partial charge in [0, 0.05) is 6.07 Å². The Balaban J connectivity index is 1.92. The van der Waals surface area contributed by atoms with Gasteiger partial charge in [0.25, 0.3) is 0 Å². The van der Waals surface area contributed by atoms with Gasteiger partial charge >= 0.3 is 0 Å². The van der Waals surface area contributed by atoms with E-state index < -0.39 is 28.8 Å². The van der Waals surface area contributed by atoms with E-state index in [0.29, 0.717) is 37.3 Å². The molecule has 2 aromatic rings. The van der Waals surface area contributed by atoms with E-state index in [1.165, 1.54) is 12.1 Å². The third kappa shape index (κ3) is 3.45. The maximum Gasteiger partial charge on any atom is 0.134 e. The summed E-state index contributed by atoms with van der Waals surface area (Å²) >= 11 is 0. The molecule has 24 heavy (non-hydrogen) atoms. The Morgan fingerprint density at radius 1 is 0.750 bits per heavy atom. The van der Waals surface area contributed by atoms with Crippen LogP contribution in [0.5, 0.6) is 0 Å². The maximum atomic E-state index is 14.4. The van der Waals surface area contributed by atoms with Crippen molar-refractivity contribution in [1.29, 1.82) is 0 Å². The number of hydrogen-bond acceptors (Lipinski definition) is 0. The molecule has 0 bridgehead atoms. The van der Waals surface area contributed by atoms with Crippen LogP contribution in [-0.4, -0.2) is 6.67 Å². The van der Waals surface area contributed by atoms with Crippen LogP contribution in [-0.2, 0) is 0 Å². The number of halogens is 5. The summed E-state index contributed by atoms with van der Waals surface area (Å²) in [6.07, 6.45) is 2.76. The van der Waals surface area contributed by atoms with Gasteiger partial charge in [-0.3, -0.25) is 4.39 Å². The van der Waals surface area contributed by atoms with Crippen molar-refractivity contribution in [3.8, 4) is 11.1 Å². The molecule has 0 heterocycles. The minimum Gasteiger partial charge on any atom is -0.251 e. The van der Waals surface area contributed by atoms with Crippen molar-refractivity contribution in [2.24, 2.45) is 5.92 Å². The lowest BCUT2D eigenvalue weighted by atomic mass is 9.79. The zero-order chi connectivity index (χ0) is 17.3. The Bertz CT molecular complexity index is 689. The molecule has 1 saturated carbocycles. The molecule has 0 unspecified atom stereocenters. The van der Waals surface area contributed by atoms with Crippen LogP contribution < -0.4 is 0 Å². The molecule has 5 heteroatoms. The number of hydrogen-bond donors (Lipinski definition) is 0. The van der Waals surface area contributed by atoms with Crippen LogP contribution in [0.3, 0.4) is 0 Å². The van der Waals surface area contributed by atoms with Crippen molar-refractivity contribution in [3.05, 3.63) is 59.2 Å². The molecule has 0 amide bonds. The molecule has 0 radical (unpaired) electrons. The zero-order valence-electron chi connectivity index (χ0n) is 13.0. The topological polar surface area (TPSA) is 0 Å². The molecule has 128 valence electrons. The fraction of sp³-hybridized carbons (Fsp3) is 0.368. The smallest absolute Gasteiger partial charge is 0.134 e. The molecule has 0 aliphatic heterocycles. The van der Waals surface area contributed by atoms with Gasteiger partial charge in [0.1, 0.15) is 23.3 Å². The summed E-state index contributed by atoms with van der Waals surface area (Å²) in [7, 11) is 0. The highest BCUT2D eigenvalue weighted by atomic mass is 19.1. The fourth-order valence-corrected chi connectivity index (χ4v) is 3.45. The van der Waals surface area contributed by atoms with Crippen LogP contribution in [0.15, 0.2) is 30.3 Å². The van der Waals surface area contributed by atoms with Gasteiger partial charge in [-0.2, -0.15) is 0 Å². The summed E-state index contributed by atoms with van der Waals surface area (Å²) in [6.45, 7) is -0.362. The SMILES string of the molecule is FCC1CCC(c2cc(F)c(-c3cc(F)cc(F)c3)c(F)c2)CC1. The number of alkyl halides is 1. The zero-order valence-corrected chi connectivity index (χ0v) is 13.0. The molecule has 0 aromatic heterocycles. The van der Waals surface area contributed by atoms with Crippen molar-refractivity contribution in [3.63, 3.8) is 0 Å². The molecule has 3 rings (SSSR count). The highest BCUT2D eigenvalue weighted by Gasteiger charge is 2.24. The van der Waals surface area contributed by atoms with Gasteiger partial charge in [0.15, 0.2) is 0 Å². The van der Waals surface area contributed by atoms with Gasteiger partial charge in [0.05, 0.1) is 12.2 Å². The van der Waals surface area contributed by atoms with Gasteiger partial charge < -0.3 is 0 Å². The van der Waals surface area contributed by atoms with E-state index in [0.717, 1.165) is 12.1 Å². The van der Waals surface area contributed by atoms with Crippen molar-refractivity contribution in [1.82, 2.24) is 0 Å². The molecule has 0 nitrogen and oxygen atoms in total. The standard InChI is InChI=1S/C19H17F5/c20-10-11-1-3-12(4-2-11)13-7-17(23)19(18(24)8-13)14-5-15(21)9-16(22)6-14/h5-9,11-12H,1-4,10H2. The van der Waals surface area contributed by atoms with Gasteiger partial charge in [-0.15, -0.1) is 0 Å².